The summed E-state index contributed by atoms with van der Waals surface area (Å²) in [4.78, 5) is 27.0. The zero-order valence-corrected chi connectivity index (χ0v) is 20.4. The van der Waals surface area contributed by atoms with Gasteiger partial charge in [0.25, 0.3) is 0 Å². The van der Waals surface area contributed by atoms with E-state index >= 15 is 0 Å². The number of sulfonamides is 1. The molecular formula is C24H33N3O4S. The van der Waals surface area contributed by atoms with Crippen LogP contribution < -0.4 is 9.62 Å². The molecule has 2 amide bonds. The molecule has 7 nitrogen and oxygen atoms in total. The Morgan fingerprint density at radius 3 is 2.03 bits per heavy atom. The smallest absolute Gasteiger partial charge is 0.244 e. The maximum Gasteiger partial charge on any atom is 0.244 e. The van der Waals surface area contributed by atoms with E-state index in [-0.39, 0.29) is 17.9 Å². The number of nitrogens with one attached hydrogen (secondary N) is 1. The molecule has 0 saturated carbocycles. The lowest BCUT2D eigenvalue weighted by Gasteiger charge is -2.31. The Balaban J connectivity index is 2.36. The summed E-state index contributed by atoms with van der Waals surface area (Å²) in [5.41, 5.74) is 2.22. The molecule has 0 saturated heterocycles. The Kier molecular flexibility index (Phi) is 8.07. The number of nitrogens with zero attached hydrogens (tertiary/aromatic N) is 2. The van der Waals surface area contributed by atoms with Crippen molar-refractivity contribution >= 4 is 27.5 Å². The maximum absolute atomic E-state index is 13.3. The van der Waals surface area contributed by atoms with Crippen LogP contribution in [0.25, 0.3) is 0 Å². The van der Waals surface area contributed by atoms with Crippen LogP contribution in [0.3, 0.4) is 0 Å². The second-order valence-electron chi connectivity index (χ2n) is 8.86. The summed E-state index contributed by atoms with van der Waals surface area (Å²) in [5.74, 6) is -0.787. The molecule has 0 aromatic heterocycles. The zero-order valence-electron chi connectivity index (χ0n) is 19.6. The summed E-state index contributed by atoms with van der Waals surface area (Å²) in [5, 5.41) is 2.56. The molecule has 0 spiro atoms. The minimum Gasteiger partial charge on any atom is -0.357 e. The molecule has 174 valence electrons. The molecule has 1 atom stereocenters. The second kappa shape index (κ2) is 10.2. The molecule has 0 unspecified atom stereocenters. The predicted molar refractivity (Wildman–Crippen MR) is 128 cm³/mol. The molecule has 0 aliphatic carbocycles. The first-order valence-electron chi connectivity index (χ1n) is 10.5. The number of hydrogen-bond donors (Lipinski definition) is 1. The third-order valence-electron chi connectivity index (χ3n) is 5.31. The van der Waals surface area contributed by atoms with Crippen LogP contribution >= 0.6 is 0 Å². The van der Waals surface area contributed by atoms with Crippen LogP contribution in [0, 0.1) is 0 Å². The fourth-order valence-corrected chi connectivity index (χ4v) is 4.16. The van der Waals surface area contributed by atoms with Gasteiger partial charge in [-0.25, -0.2) is 8.42 Å². The molecule has 0 aliphatic heterocycles. The van der Waals surface area contributed by atoms with E-state index in [2.05, 4.69) is 26.1 Å². The van der Waals surface area contributed by atoms with Gasteiger partial charge in [-0.3, -0.25) is 13.9 Å². The summed E-state index contributed by atoms with van der Waals surface area (Å²) < 4.78 is 26.2. The van der Waals surface area contributed by atoms with E-state index in [1.54, 1.807) is 19.1 Å². The van der Waals surface area contributed by atoms with Gasteiger partial charge in [-0.1, -0.05) is 63.2 Å². The molecule has 32 heavy (non-hydrogen) atoms. The van der Waals surface area contributed by atoms with E-state index in [1.807, 2.05) is 42.5 Å². The molecule has 0 aliphatic rings. The number of carbonyl (C=O) groups excluding carboxylic acids is 2. The van der Waals surface area contributed by atoms with Crippen LogP contribution in [0.1, 0.15) is 38.8 Å². The summed E-state index contributed by atoms with van der Waals surface area (Å²) in [6, 6.07) is 15.7. The monoisotopic (exact) mass is 459 g/mol. The lowest BCUT2D eigenvalue weighted by molar-refractivity contribution is -0.139. The van der Waals surface area contributed by atoms with Gasteiger partial charge in [-0.2, -0.15) is 0 Å². The largest absolute Gasteiger partial charge is 0.357 e. The first-order valence-corrected chi connectivity index (χ1v) is 12.3. The minimum atomic E-state index is -3.73. The Morgan fingerprint density at radius 1 is 1.00 bits per heavy atom. The molecule has 0 heterocycles. The number of rotatable bonds is 8. The van der Waals surface area contributed by atoms with Crippen LogP contribution in [0.4, 0.5) is 5.69 Å². The van der Waals surface area contributed by atoms with Crippen LogP contribution in [-0.4, -0.2) is 51.0 Å². The fraction of sp³-hybridized carbons (Fsp3) is 0.417. The summed E-state index contributed by atoms with van der Waals surface area (Å²) in [6.45, 7) is 7.63. The van der Waals surface area contributed by atoms with Crippen LogP contribution in [0.2, 0.25) is 0 Å². The van der Waals surface area contributed by atoms with Crippen molar-refractivity contribution < 1.29 is 18.0 Å². The average Bonchev–Trinajstić information content (AvgIpc) is 2.74. The van der Waals surface area contributed by atoms with Gasteiger partial charge in [-0.15, -0.1) is 0 Å². The van der Waals surface area contributed by atoms with E-state index < -0.39 is 28.5 Å². The molecule has 8 heteroatoms. The highest BCUT2D eigenvalue weighted by molar-refractivity contribution is 7.92. The highest BCUT2D eigenvalue weighted by Gasteiger charge is 2.29. The first kappa shape index (κ1) is 25.4. The fourth-order valence-electron chi connectivity index (χ4n) is 3.31. The Hall–Kier alpha value is -2.87. The Labute approximate surface area is 191 Å². The lowest BCUT2D eigenvalue weighted by Crippen LogP contribution is -2.50. The van der Waals surface area contributed by atoms with Crippen molar-refractivity contribution in [2.24, 2.45) is 0 Å². The van der Waals surface area contributed by atoms with E-state index in [0.717, 1.165) is 21.7 Å². The van der Waals surface area contributed by atoms with Crippen molar-refractivity contribution in [3.8, 4) is 0 Å². The lowest BCUT2D eigenvalue weighted by atomic mass is 9.87. The van der Waals surface area contributed by atoms with Gasteiger partial charge in [0.15, 0.2) is 0 Å². The van der Waals surface area contributed by atoms with Gasteiger partial charge >= 0.3 is 0 Å². The van der Waals surface area contributed by atoms with Crippen LogP contribution in [-0.2, 0) is 31.6 Å². The van der Waals surface area contributed by atoms with E-state index in [0.29, 0.717) is 5.69 Å². The van der Waals surface area contributed by atoms with Gasteiger partial charge in [0, 0.05) is 13.6 Å². The third-order valence-corrected chi connectivity index (χ3v) is 6.45. The molecular weight excluding hydrogens is 426 g/mol. The number of amides is 2. The molecule has 2 aromatic rings. The third kappa shape index (κ3) is 6.56. The highest BCUT2D eigenvalue weighted by atomic mass is 32.2. The van der Waals surface area contributed by atoms with E-state index in [4.69, 9.17) is 0 Å². The van der Waals surface area contributed by atoms with Crippen molar-refractivity contribution in [2.75, 3.05) is 24.2 Å². The molecule has 0 fully saturated rings. The van der Waals surface area contributed by atoms with Crippen molar-refractivity contribution in [1.29, 1.82) is 0 Å². The number of likely N-dealkylation sites (N-methyl/N-ethyl adjacent to an activating group) is 1. The number of hydrogen-bond acceptors (Lipinski definition) is 4. The standard InChI is InChI=1S/C24H33N3O4S/c1-18(23(29)25-5)26(16-19-10-8-7-9-11-19)22(28)17-27(32(6,30)31)21-14-12-20(13-15-21)24(2,3)4/h7-15,18H,16-17H2,1-6H3,(H,25,29)/t18-/m1/s1. The predicted octanol–water partition coefficient (Wildman–Crippen LogP) is 2.91. The molecule has 0 bridgehead atoms. The van der Waals surface area contributed by atoms with E-state index in [9.17, 15) is 18.0 Å². The maximum atomic E-state index is 13.3. The highest BCUT2D eigenvalue weighted by Crippen LogP contribution is 2.26. The molecule has 2 aromatic carbocycles. The SMILES string of the molecule is CNC(=O)[C@@H](C)N(Cc1ccccc1)C(=O)CN(c1ccc(C(C)(C)C)cc1)S(C)(=O)=O. The quantitative estimate of drug-likeness (QED) is 0.658. The van der Waals surface area contributed by atoms with Crippen molar-refractivity contribution in [1.82, 2.24) is 10.2 Å². The average molecular weight is 460 g/mol. The zero-order chi connectivity index (χ0) is 24.1. The minimum absolute atomic E-state index is 0.0836. The van der Waals surface area contributed by atoms with Crippen molar-refractivity contribution in [2.45, 2.75) is 45.7 Å². The van der Waals surface area contributed by atoms with Gasteiger partial charge in [0.1, 0.15) is 12.6 Å². The molecule has 2 rings (SSSR count). The summed E-state index contributed by atoms with van der Waals surface area (Å²) >= 11 is 0. The number of carbonyl (C=O) groups is 2. The van der Waals surface area contributed by atoms with Crippen molar-refractivity contribution in [3.05, 3.63) is 65.7 Å². The van der Waals surface area contributed by atoms with E-state index in [1.165, 1.54) is 11.9 Å². The summed E-state index contributed by atoms with van der Waals surface area (Å²) in [6.07, 6.45) is 1.07. The van der Waals surface area contributed by atoms with Crippen LogP contribution in [0.5, 0.6) is 0 Å². The normalized spacial score (nSPS) is 12.7. The van der Waals surface area contributed by atoms with Gasteiger partial charge < -0.3 is 10.2 Å². The van der Waals surface area contributed by atoms with Gasteiger partial charge in [0.2, 0.25) is 21.8 Å². The number of anilines is 1. The molecule has 0 radical (unpaired) electrons. The summed E-state index contributed by atoms with van der Waals surface area (Å²) in [7, 11) is -2.23. The van der Waals surface area contributed by atoms with Gasteiger partial charge in [0.05, 0.1) is 11.9 Å². The Bertz CT molecular complexity index is 1030. The van der Waals surface area contributed by atoms with Gasteiger partial charge in [-0.05, 0) is 35.6 Å². The van der Waals surface area contributed by atoms with Crippen LogP contribution in [0.15, 0.2) is 54.6 Å². The first-order chi connectivity index (χ1) is 14.8. The second-order valence-corrected chi connectivity index (χ2v) is 10.8. The number of benzene rings is 2. The molecule has 1 N–H and O–H groups in total. The van der Waals surface area contributed by atoms with Crippen molar-refractivity contribution in [3.63, 3.8) is 0 Å². The Morgan fingerprint density at radius 2 is 1.56 bits per heavy atom. The topological polar surface area (TPSA) is 86.8 Å².